The zero-order chi connectivity index (χ0) is 12.4. The van der Waals surface area contributed by atoms with Crippen LogP contribution in [0.2, 0.25) is 5.02 Å². The fourth-order valence-electron chi connectivity index (χ4n) is 1.57. The highest BCUT2D eigenvalue weighted by atomic mass is 79.9. The number of ether oxygens (including phenoxy) is 1. The maximum Gasteiger partial charge on any atom is 0.119 e. The van der Waals surface area contributed by atoms with Crippen LogP contribution in [0.15, 0.2) is 45.8 Å². The molecule has 0 aliphatic rings. The Hall–Kier alpha value is -0.640. The Morgan fingerprint density at radius 3 is 2.65 bits per heavy atom. The van der Waals surface area contributed by atoms with Crippen molar-refractivity contribution >= 4 is 40.2 Å². The second kappa shape index (κ2) is 5.34. The highest BCUT2D eigenvalue weighted by Crippen LogP contribution is 2.37. The Morgan fingerprint density at radius 2 is 1.94 bits per heavy atom. The minimum atomic E-state index is 0.680. The molecule has 2 aromatic carbocycles. The summed E-state index contributed by atoms with van der Waals surface area (Å²) < 4.78 is 6.15. The van der Waals surface area contributed by atoms with Gasteiger partial charge in [-0.15, -0.1) is 12.6 Å². The normalized spacial score (nSPS) is 10.4. The molecule has 88 valence electrons. The summed E-state index contributed by atoms with van der Waals surface area (Å²) in [6.45, 7) is 0. The molecule has 0 unspecified atom stereocenters. The smallest absolute Gasteiger partial charge is 0.119 e. The standard InChI is InChI=1S/C13H10BrClOS/c1-16-8-5-6-12(15)10(7-8)9-3-2-4-11(14)13(9)17/h2-7,17H,1H3. The van der Waals surface area contributed by atoms with E-state index in [1.807, 2.05) is 36.4 Å². The molecule has 0 spiro atoms. The van der Waals surface area contributed by atoms with Crippen LogP contribution in [-0.2, 0) is 0 Å². The SMILES string of the molecule is COc1ccc(Cl)c(-c2cccc(Br)c2S)c1. The zero-order valence-corrected chi connectivity index (χ0v) is 12.3. The van der Waals surface area contributed by atoms with E-state index >= 15 is 0 Å². The topological polar surface area (TPSA) is 9.23 Å². The average molecular weight is 330 g/mol. The second-order valence-electron chi connectivity index (χ2n) is 3.48. The first kappa shape index (κ1) is 12.8. The number of benzene rings is 2. The molecule has 0 saturated heterocycles. The monoisotopic (exact) mass is 328 g/mol. The van der Waals surface area contributed by atoms with Crippen molar-refractivity contribution in [3.05, 3.63) is 45.9 Å². The summed E-state index contributed by atoms with van der Waals surface area (Å²) in [5, 5.41) is 0.680. The van der Waals surface area contributed by atoms with Gasteiger partial charge in [0.1, 0.15) is 5.75 Å². The second-order valence-corrected chi connectivity index (χ2v) is 5.19. The molecular formula is C13H10BrClOS. The minimum Gasteiger partial charge on any atom is -0.497 e. The third-order valence-electron chi connectivity index (χ3n) is 2.45. The van der Waals surface area contributed by atoms with Gasteiger partial charge in [-0.05, 0) is 45.8 Å². The van der Waals surface area contributed by atoms with Crippen LogP contribution in [0.1, 0.15) is 0 Å². The van der Waals surface area contributed by atoms with Crippen molar-refractivity contribution in [1.82, 2.24) is 0 Å². The lowest BCUT2D eigenvalue weighted by Gasteiger charge is -2.10. The predicted octanol–water partition coefficient (Wildman–Crippen LogP) is 5.07. The molecule has 0 aromatic heterocycles. The van der Waals surface area contributed by atoms with E-state index < -0.39 is 0 Å². The third-order valence-corrected chi connectivity index (χ3v) is 4.23. The zero-order valence-electron chi connectivity index (χ0n) is 9.08. The van der Waals surface area contributed by atoms with Crippen LogP contribution in [0.4, 0.5) is 0 Å². The van der Waals surface area contributed by atoms with Crippen LogP contribution in [-0.4, -0.2) is 7.11 Å². The lowest BCUT2D eigenvalue weighted by atomic mass is 10.1. The molecule has 0 aliphatic carbocycles. The Labute approximate surface area is 119 Å². The summed E-state index contributed by atoms with van der Waals surface area (Å²) in [7, 11) is 1.63. The Kier molecular flexibility index (Phi) is 4.02. The average Bonchev–Trinajstić information content (AvgIpc) is 2.34. The molecule has 2 aromatic rings. The van der Waals surface area contributed by atoms with Gasteiger partial charge in [-0.2, -0.15) is 0 Å². The summed E-state index contributed by atoms with van der Waals surface area (Å²) in [5.74, 6) is 0.775. The Balaban J connectivity index is 2.63. The van der Waals surface area contributed by atoms with Gasteiger partial charge in [-0.1, -0.05) is 23.7 Å². The van der Waals surface area contributed by atoms with Gasteiger partial charge < -0.3 is 4.74 Å². The van der Waals surface area contributed by atoms with E-state index in [0.29, 0.717) is 5.02 Å². The molecule has 0 heterocycles. The highest BCUT2D eigenvalue weighted by Gasteiger charge is 2.10. The molecular weight excluding hydrogens is 320 g/mol. The van der Waals surface area contributed by atoms with Crippen molar-refractivity contribution < 1.29 is 4.74 Å². The fourth-order valence-corrected chi connectivity index (χ4v) is 2.43. The molecule has 0 saturated carbocycles. The van der Waals surface area contributed by atoms with Crippen molar-refractivity contribution in [3.8, 4) is 16.9 Å². The lowest BCUT2D eigenvalue weighted by molar-refractivity contribution is 0.415. The molecule has 0 amide bonds. The van der Waals surface area contributed by atoms with Crippen LogP contribution < -0.4 is 4.74 Å². The number of rotatable bonds is 2. The summed E-state index contributed by atoms with van der Waals surface area (Å²) in [6.07, 6.45) is 0. The summed E-state index contributed by atoms with van der Waals surface area (Å²) >= 11 is 14.1. The summed E-state index contributed by atoms with van der Waals surface area (Å²) in [5.41, 5.74) is 1.89. The molecule has 0 atom stereocenters. The first-order valence-corrected chi connectivity index (χ1v) is 6.56. The van der Waals surface area contributed by atoms with Crippen LogP contribution >= 0.6 is 40.2 Å². The fraction of sp³-hybridized carbons (Fsp3) is 0.0769. The van der Waals surface area contributed by atoms with Crippen LogP contribution in [0, 0.1) is 0 Å². The summed E-state index contributed by atoms with van der Waals surface area (Å²) in [6, 6.07) is 11.4. The van der Waals surface area contributed by atoms with Crippen LogP contribution in [0.5, 0.6) is 5.75 Å². The van der Waals surface area contributed by atoms with Crippen molar-refractivity contribution in [1.29, 1.82) is 0 Å². The van der Waals surface area contributed by atoms with Gasteiger partial charge in [0.15, 0.2) is 0 Å². The van der Waals surface area contributed by atoms with Gasteiger partial charge in [0.05, 0.1) is 7.11 Å². The van der Waals surface area contributed by atoms with E-state index in [2.05, 4.69) is 28.6 Å². The third kappa shape index (κ3) is 2.62. The van der Waals surface area contributed by atoms with Crippen LogP contribution in [0.25, 0.3) is 11.1 Å². The Bertz CT molecular complexity index is 557. The highest BCUT2D eigenvalue weighted by molar-refractivity contribution is 9.10. The van der Waals surface area contributed by atoms with Gasteiger partial charge >= 0.3 is 0 Å². The van der Waals surface area contributed by atoms with Crippen molar-refractivity contribution in [2.75, 3.05) is 7.11 Å². The van der Waals surface area contributed by atoms with E-state index in [1.54, 1.807) is 7.11 Å². The molecule has 0 bridgehead atoms. The molecule has 0 radical (unpaired) electrons. The molecule has 1 nitrogen and oxygen atoms in total. The lowest BCUT2D eigenvalue weighted by Crippen LogP contribution is -1.87. The molecule has 0 N–H and O–H groups in total. The number of hydrogen-bond acceptors (Lipinski definition) is 2. The molecule has 17 heavy (non-hydrogen) atoms. The molecule has 0 aliphatic heterocycles. The first-order chi connectivity index (χ1) is 8.13. The number of halogens is 2. The number of hydrogen-bond donors (Lipinski definition) is 1. The van der Waals surface area contributed by atoms with Gasteiger partial charge in [-0.3, -0.25) is 0 Å². The van der Waals surface area contributed by atoms with E-state index in [-0.39, 0.29) is 0 Å². The van der Waals surface area contributed by atoms with Gasteiger partial charge in [0, 0.05) is 20.0 Å². The van der Waals surface area contributed by atoms with Crippen molar-refractivity contribution in [2.24, 2.45) is 0 Å². The van der Waals surface area contributed by atoms with Gasteiger partial charge in [-0.25, -0.2) is 0 Å². The Morgan fingerprint density at radius 1 is 1.18 bits per heavy atom. The van der Waals surface area contributed by atoms with Crippen LogP contribution in [0.3, 0.4) is 0 Å². The predicted molar refractivity (Wildman–Crippen MR) is 78.4 cm³/mol. The van der Waals surface area contributed by atoms with Crippen molar-refractivity contribution in [3.63, 3.8) is 0 Å². The van der Waals surface area contributed by atoms with E-state index in [4.69, 9.17) is 16.3 Å². The maximum absolute atomic E-state index is 6.21. The quantitative estimate of drug-likeness (QED) is 0.757. The molecule has 2 rings (SSSR count). The van der Waals surface area contributed by atoms with Gasteiger partial charge in [0.25, 0.3) is 0 Å². The summed E-state index contributed by atoms with van der Waals surface area (Å²) in [4.78, 5) is 0.864. The maximum atomic E-state index is 6.21. The first-order valence-electron chi connectivity index (χ1n) is 4.95. The van der Waals surface area contributed by atoms with E-state index in [0.717, 1.165) is 26.2 Å². The number of methoxy groups -OCH3 is 1. The van der Waals surface area contributed by atoms with Crippen molar-refractivity contribution in [2.45, 2.75) is 4.90 Å². The largest absolute Gasteiger partial charge is 0.497 e. The van der Waals surface area contributed by atoms with E-state index in [1.165, 1.54) is 0 Å². The van der Waals surface area contributed by atoms with E-state index in [9.17, 15) is 0 Å². The molecule has 0 fully saturated rings. The molecule has 4 heteroatoms. The van der Waals surface area contributed by atoms with Gasteiger partial charge in [0.2, 0.25) is 0 Å². The number of thiol groups is 1. The minimum absolute atomic E-state index is 0.680.